The lowest BCUT2D eigenvalue weighted by Gasteiger charge is -2.18. The van der Waals surface area contributed by atoms with Gasteiger partial charge in [-0.25, -0.2) is 0 Å². The quantitative estimate of drug-likeness (QED) is 0.0783. The number of nitrogens with zero attached hydrogens (tertiary/aromatic N) is 1. The molecule has 0 unspecified atom stereocenters. The molecule has 220 valence electrons. The first-order chi connectivity index (χ1) is 18.2. The van der Waals surface area contributed by atoms with Crippen molar-refractivity contribution >= 4 is 11.8 Å². The molecule has 0 radical (unpaired) electrons. The molecule has 0 aliphatic carbocycles. The van der Waals surface area contributed by atoms with Gasteiger partial charge in [0.1, 0.15) is 6.73 Å². The summed E-state index contributed by atoms with van der Waals surface area (Å²) in [7, 11) is 0. The van der Waals surface area contributed by atoms with Crippen LogP contribution >= 0.6 is 0 Å². The molecule has 37 heavy (non-hydrogen) atoms. The van der Waals surface area contributed by atoms with E-state index < -0.39 is 6.73 Å². The highest BCUT2D eigenvalue weighted by molar-refractivity contribution is 5.95. The zero-order chi connectivity index (χ0) is 27.2. The van der Waals surface area contributed by atoms with Gasteiger partial charge in [-0.2, -0.15) is 0 Å². The SMILES string of the molecule is CCCCCCCCCCCCCCCC(=O)N(CO)C(=O)CCCCCCCCCCCCCCC. The standard InChI is InChI=1S/C33H65NO3/c1-3-5-7-9-11-13-15-17-19-21-23-25-27-29-32(36)34(31-35)33(37)30-28-26-24-22-20-18-16-14-12-10-8-6-4-2/h35H,3-31H2,1-2H3. The molecule has 0 heterocycles. The molecule has 0 rings (SSSR count). The van der Waals surface area contributed by atoms with Gasteiger partial charge in [0, 0.05) is 12.8 Å². The van der Waals surface area contributed by atoms with Gasteiger partial charge in [-0.05, 0) is 12.8 Å². The number of unbranched alkanes of at least 4 members (excludes halogenated alkanes) is 24. The van der Waals surface area contributed by atoms with Crippen LogP contribution in [0.25, 0.3) is 0 Å². The Morgan fingerprint density at radius 1 is 0.405 bits per heavy atom. The maximum atomic E-state index is 12.4. The Morgan fingerprint density at radius 2 is 0.622 bits per heavy atom. The second kappa shape index (κ2) is 29.7. The third-order valence-electron chi connectivity index (χ3n) is 7.73. The average molecular weight is 524 g/mol. The molecule has 0 aromatic carbocycles. The van der Waals surface area contributed by atoms with E-state index in [0.717, 1.165) is 43.4 Å². The second-order valence-corrected chi connectivity index (χ2v) is 11.3. The summed E-state index contributed by atoms with van der Waals surface area (Å²) in [5.74, 6) is -0.407. The number of hydrogen-bond acceptors (Lipinski definition) is 3. The third kappa shape index (κ3) is 25.2. The van der Waals surface area contributed by atoms with Gasteiger partial charge in [-0.3, -0.25) is 14.5 Å². The minimum atomic E-state index is -0.478. The van der Waals surface area contributed by atoms with E-state index in [9.17, 15) is 14.7 Å². The van der Waals surface area contributed by atoms with Crippen molar-refractivity contribution in [3.8, 4) is 0 Å². The topological polar surface area (TPSA) is 57.6 Å². The molecule has 1 N–H and O–H groups in total. The van der Waals surface area contributed by atoms with Crippen LogP contribution in [0.1, 0.15) is 194 Å². The zero-order valence-corrected chi connectivity index (χ0v) is 25.2. The van der Waals surface area contributed by atoms with Crippen LogP contribution in [0.15, 0.2) is 0 Å². The molecular weight excluding hydrogens is 458 g/mol. The van der Waals surface area contributed by atoms with Crippen molar-refractivity contribution in [3.63, 3.8) is 0 Å². The molecule has 4 heteroatoms. The normalized spacial score (nSPS) is 11.2. The molecule has 0 aliphatic heterocycles. The maximum absolute atomic E-state index is 12.4. The van der Waals surface area contributed by atoms with Crippen molar-refractivity contribution in [2.24, 2.45) is 0 Å². The summed E-state index contributed by atoms with van der Waals surface area (Å²) < 4.78 is 0. The van der Waals surface area contributed by atoms with Crippen molar-refractivity contribution in [2.75, 3.05) is 6.73 Å². The van der Waals surface area contributed by atoms with Crippen molar-refractivity contribution in [1.82, 2.24) is 4.90 Å². The van der Waals surface area contributed by atoms with Crippen LogP contribution in [0.4, 0.5) is 0 Å². The number of aliphatic hydroxyl groups is 1. The Kier molecular flexibility index (Phi) is 28.9. The largest absolute Gasteiger partial charge is 0.376 e. The summed E-state index contributed by atoms with van der Waals surface area (Å²) in [4.78, 5) is 25.9. The first kappa shape index (κ1) is 36.1. The Balaban J connectivity index is 3.57. The Bertz CT molecular complexity index is 452. The summed E-state index contributed by atoms with van der Waals surface area (Å²) in [5, 5.41) is 9.56. The summed E-state index contributed by atoms with van der Waals surface area (Å²) in [6.45, 7) is 4.05. The molecule has 0 saturated carbocycles. The number of imide groups is 1. The van der Waals surface area contributed by atoms with Gasteiger partial charge in [0.05, 0.1) is 0 Å². The molecular formula is C33H65NO3. The van der Waals surface area contributed by atoms with Gasteiger partial charge in [0.2, 0.25) is 11.8 Å². The minimum Gasteiger partial charge on any atom is -0.376 e. The van der Waals surface area contributed by atoms with Gasteiger partial charge in [0.25, 0.3) is 0 Å². The van der Waals surface area contributed by atoms with Crippen LogP contribution < -0.4 is 0 Å². The highest BCUT2D eigenvalue weighted by Crippen LogP contribution is 2.15. The fourth-order valence-corrected chi connectivity index (χ4v) is 5.15. The summed E-state index contributed by atoms with van der Waals surface area (Å²) >= 11 is 0. The van der Waals surface area contributed by atoms with E-state index >= 15 is 0 Å². The third-order valence-corrected chi connectivity index (χ3v) is 7.73. The predicted molar refractivity (Wildman–Crippen MR) is 160 cm³/mol. The van der Waals surface area contributed by atoms with Gasteiger partial charge in [-0.15, -0.1) is 0 Å². The average Bonchev–Trinajstić information content (AvgIpc) is 2.90. The van der Waals surface area contributed by atoms with Crippen molar-refractivity contribution in [1.29, 1.82) is 0 Å². The number of amides is 2. The molecule has 0 fully saturated rings. The first-order valence-corrected chi connectivity index (χ1v) is 16.6. The van der Waals surface area contributed by atoms with Crippen LogP contribution in [0.3, 0.4) is 0 Å². The van der Waals surface area contributed by atoms with Gasteiger partial charge < -0.3 is 5.11 Å². The molecule has 2 amide bonds. The van der Waals surface area contributed by atoms with E-state index in [-0.39, 0.29) is 11.8 Å². The van der Waals surface area contributed by atoms with Crippen LogP contribution in [-0.4, -0.2) is 28.6 Å². The molecule has 0 spiro atoms. The summed E-state index contributed by atoms with van der Waals surface area (Å²) in [6.07, 6.45) is 33.8. The first-order valence-electron chi connectivity index (χ1n) is 16.6. The molecule has 4 nitrogen and oxygen atoms in total. The van der Waals surface area contributed by atoms with Crippen molar-refractivity contribution in [2.45, 2.75) is 194 Å². The molecule has 0 aromatic rings. The Hall–Kier alpha value is -0.900. The number of carbonyl (C=O) groups is 2. The second-order valence-electron chi connectivity index (χ2n) is 11.3. The molecule has 0 saturated heterocycles. The molecule has 0 bridgehead atoms. The monoisotopic (exact) mass is 523 g/mol. The van der Waals surface area contributed by atoms with Crippen molar-refractivity contribution in [3.05, 3.63) is 0 Å². The van der Waals surface area contributed by atoms with E-state index in [4.69, 9.17) is 0 Å². The molecule has 0 aliphatic rings. The smallest absolute Gasteiger partial charge is 0.231 e. The van der Waals surface area contributed by atoms with E-state index in [1.54, 1.807) is 0 Å². The van der Waals surface area contributed by atoms with E-state index in [2.05, 4.69) is 13.8 Å². The van der Waals surface area contributed by atoms with Crippen molar-refractivity contribution < 1.29 is 14.7 Å². The number of hydrogen-bond donors (Lipinski definition) is 1. The van der Waals surface area contributed by atoms with E-state index in [1.807, 2.05) is 0 Å². The summed E-state index contributed by atoms with van der Waals surface area (Å²) in [5.41, 5.74) is 0. The lowest BCUT2D eigenvalue weighted by atomic mass is 10.0. The van der Waals surface area contributed by atoms with Gasteiger partial charge in [0.15, 0.2) is 0 Å². The molecule has 0 aromatic heterocycles. The predicted octanol–water partition coefficient (Wildman–Crippen LogP) is 10.3. The van der Waals surface area contributed by atoms with E-state index in [1.165, 1.54) is 128 Å². The number of rotatable bonds is 29. The lowest BCUT2D eigenvalue weighted by Crippen LogP contribution is -2.37. The minimum absolute atomic E-state index is 0.203. The Labute approximate surface area is 231 Å². The summed E-state index contributed by atoms with van der Waals surface area (Å²) in [6, 6.07) is 0. The number of aliphatic hydroxyl groups excluding tert-OH is 1. The van der Waals surface area contributed by atoms with Crippen LogP contribution in [-0.2, 0) is 9.59 Å². The Morgan fingerprint density at radius 3 is 0.838 bits per heavy atom. The van der Waals surface area contributed by atoms with Crippen LogP contribution in [0.5, 0.6) is 0 Å². The van der Waals surface area contributed by atoms with E-state index in [0.29, 0.717) is 12.8 Å². The lowest BCUT2D eigenvalue weighted by molar-refractivity contribution is -0.149. The highest BCUT2D eigenvalue weighted by atomic mass is 16.3. The van der Waals surface area contributed by atoms with Crippen LogP contribution in [0.2, 0.25) is 0 Å². The van der Waals surface area contributed by atoms with Crippen LogP contribution in [0, 0.1) is 0 Å². The molecule has 0 atom stereocenters. The zero-order valence-electron chi connectivity index (χ0n) is 25.2. The van der Waals surface area contributed by atoms with Gasteiger partial charge >= 0.3 is 0 Å². The fraction of sp³-hybridized carbons (Fsp3) is 0.939. The number of carbonyl (C=O) groups excluding carboxylic acids is 2. The maximum Gasteiger partial charge on any atom is 0.231 e. The fourth-order valence-electron chi connectivity index (χ4n) is 5.15. The highest BCUT2D eigenvalue weighted by Gasteiger charge is 2.19. The van der Waals surface area contributed by atoms with Gasteiger partial charge in [-0.1, -0.05) is 168 Å².